The Morgan fingerprint density at radius 3 is 2.50 bits per heavy atom. The van der Waals surface area contributed by atoms with E-state index in [-0.39, 0.29) is 18.0 Å². The zero-order valence-electron chi connectivity index (χ0n) is 5.97. The largest absolute Gasteiger partial charge is 0.388 e. The lowest BCUT2D eigenvalue weighted by molar-refractivity contribution is 0.111. The normalized spacial score (nSPS) is 35.1. The van der Waals surface area contributed by atoms with E-state index in [4.69, 9.17) is 0 Å². The zero-order valence-corrected chi connectivity index (χ0v) is 6.78. The molecule has 2 rings (SSSR count). The third-order valence-electron chi connectivity index (χ3n) is 2.47. The summed E-state index contributed by atoms with van der Waals surface area (Å²) in [6.07, 6.45) is 4.46. The van der Waals surface area contributed by atoms with Crippen molar-refractivity contribution in [2.75, 3.05) is 6.54 Å². The van der Waals surface area contributed by atoms with Crippen molar-refractivity contribution >= 4 is 12.4 Å². The van der Waals surface area contributed by atoms with Gasteiger partial charge in [-0.15, -0.1) is 12.4 Å². The molecule has 1 heterocycles. The minimum atomic E-state index is -0.281. The lowest BCUT2D eigenvalue weighted by Crippen LogP contribution is -2.36. The predicted octanol–water partition coefficient (Wildman–Crippen LogP) is 0.685. The average molecular weight is 164 g/mol. The molecule has 2 aliphatic rings. The van der Waals surface area contributed by atoms with Gasteiger partial charge >= 0.3 is 0 Å². The van der Waals surface area contributed by atoms with Crippen LogP contribution >= 0.6 is 12.4 Å². The molecule has 0 aromatic heterocycles. The molecule has 0 amide bonds. The number of hydrogen-bond donors (Lipinski definition) is 2. The molecule has 10 heavy (non-hydrogen) atoms. The summed E-state index contributed by atoms with van der Waals surface area (Å²) in [5, 5.41) is 12.9. The van der Waals surface area contributed by atoms with Gasteiger partial charge in [-0.3, -0.25) is 0 Å². The van der Waals surface area contributed by atoms with E-state index >= 15 is 0 Å². The second-order valence-corrected chi connectivity index (χ2v) is 3.25. The van der Waals surface area contributed by atoms with Gasteiger partial charge in [-0.25, -0.2) is 0 Å². The third-order valence-corrected chi connectivity index (χ3v) is 2.47. The molecule has 0 spiro atoms. The van der Waals surface area contributed by atoms with Gasteiger partial charge in [0, 0.05) is 6.04 Å². The first-order chi connectivity index (χ1) is 4.31. The molecule has 3 heteroatoms. The summed E-state index contributed by atoms with van der Waals surface area (Å²) in [6.45, 7) is 1.10. The summed E-state index contributed by atoms with van der Waals surface area (Å²) in [5.74, 6) is 0. The molecule has 1 saturated heterocycles. The first-order valence-corrected chi connectivity index (χ1v) is 3.77. The van der Waals surface area contributed by atoms with Crippen molar-refractivity contribution in [2.45, 2.75) is 37.3 Å². The van der Waals surface area contributed by atoms with E-state index in [0.717, 1.165) is 19.4 Å². The number of aliphatic hydroxyl groups is 1. The van der Waals surface area contributed by atoms with Gasteiger partial charge in [-0.05, 0) is 32.2 Å². The van der Waals surface area contributed by atoms with Crippen LogP contribution in [-0.4, -0.2) is 23.3 Å². The van der Waals surface area contributed by atoms with Crippen molar-refractivity contribution in [3.63, 3.8) is 0 Å². The third kappa shape index (κ3) is 1.29. The van der Waals surface area contributed by atoms with Crippen LogP contribution in [0.15, 0.2) is 0 Å². The van der Waals surface area contributed by atoms with Gasteiger partial charge in [0.1, 0.15) is 0 Å². The minimum absolute atomic E-state index is 0. The van der Waals surface area contributed by atoms with Gasteiger partial charge in [0.05, 0.1) is 5.60 Å². The van der Waals surface area contributed by atoms with E-state index in [0.29, 0.717) is 6.04 Å². The monoisotopic (exact) mass is 163 g/mol. The van der Waals surface area contributed by atoms with Crippen LogP contribution in [0.5, 0.6) is 0 Å². The number of hydrogen-bond acceptors (Lipinski definition) is 2. The van der Waals surface area contributed by atoms with Gasteiger partial charge in [0.25, 0.3) is 0 Å². The second-order valence-electron chi connectivity index (χ2n) is 3.25. The van der Waals surface area contributed by atoms with Crippen molar-refractivity contribution in [1.29, 1.82) is 0 Å². The smallest absolute Gasteiger partial charge is 0.0802 e. The van der Waals surface area contributed by atoms with Gasteiger partial charge in [-0.2, -0.15) is 0 Å². The van der Waals surface area contributed by atoms with E-state index in [1.54, 1.807) is 0 Å². The van der Waals surface area contributed by atoms with Crippen molar-refractivity contribution < 1.29 is 5.11 Å². The molecule has 1 aliphatic carbocycles. The highest BCUT2D eigenvalue weighted by Gasteiger charge is 2.48. The van der Waals surface area contributed by atoms with Crippen molar-refractivity contribution in [3.8, 4) is 0 Å². The fourth-order valence-electron chi connectivity index (χ4n) is 1.62. The minimum Gasteiger partial charge on any atom is -0.388 e. The molecule has 2 nitrogen and oxygen atoms in total. The Morgan fingerprint density at radius 2 is 2.10 bits per heavy atom. The lowest BCUT2D eigenvalue weighted by Gasteiger charge is -2.15. The van der Waals surface area contributed by atoms with E-state index in [9.17, 15) is 5.11 Å². The molecular weight excluding hydrogens is 150 g/mol. The molecule has 0 unspecified atom stereocenters. The topological polar surface area (TPSA) is 32.3 Å². The Balaban J connectivity index is 0.000000500. The molecule has 2 N–H and O–H groups in total. The van der Waals surface area contributed by atoms with E-state index in [1.165, 1.54) is 12.8 Å². The highest BCUT2D eigenvalue weighted by atomic mass is 35.5. The average Bonchev–Trinajstić information content (AvgIpc) is 2.46. The zero-order chi connectivity index (χ0) is 6.32. The van der Waals surface area contributed by atoms with E-state index < -0.39 is 0 Å². The van der Waals surface area contributed by atoms with Crippen LogP contribution in [0, 0.1) is 0 Å². The number of rotatable bonds is 1. The fraction of sp³-hybridized carbons (Fsp3) is 1.00. The highest BCUT2D eigenvalue weighted by Crippen LogP contribution is 2.41. The summed E-state index contributed by atoms with van der Waals surface area (Å²) in [7, 11) is 0. The van der Waals surface area contributed by atoms with Crippen LogP contribution in [-0.2, 0) is 0 Å². The summed E-state index contributed by atoms with van der Waals surface area (Å²) in [6, 6.07) is 0.428. The number of nitrogens with one attached hydrogen (secondary N) is 1. The van der Waals surface area contributed by atoms with Crippen LogP contribution < -0.4 is 5.32 Å². The maximum Gasteiger partial charge on any atom is 0.0802 e. The van der Waals surface area contributed by atoms with Crippen molar-refractivity contribution in [1.82, 2.24) is 5.32 Å². The molecule has 0 aromatic carbocycles. The first-order valence-electron chi connectivity index (χ1n) is 3.77. The molecule has 1 atom stereocenters. The Morgan fingerprint density at radius 1 is 1.40 bits per heavy atom. The summed E-state index contributed by atoms with van der Waals surface area (Å²) in [4.78, 5) is 0. The van der Waals surface area contributed by atoms with Crippen LogP contribution in [0.4, 0.5) is 0 Å². The summed E-state index contributed by atoms with van der Waals surface area (Å²) in [5.41, 5.74) is -0.281. The Bertz CT molecular complexity index is 119. The van der Waals surface area contributed by atoms with Crippen molar-refractivity contribution in [3.05, 3.63) is 0 Å². The Hall–Kier alpha value is 0.210. The molecule has 0 aromatic rings. The van der Waals surface area contributed by atoms with E-state index in [1.807, 2.05) is 0 Å². The molecule has 2 fully saturated rings. The van der Waals surface area contributed by atoms with Crippen molar-refractivity contribution in [2.24, 2.45) is 0 Å². The lowest BCUT2D eigenvalue weighted by atomic mass is 10.1. The van der Waals surface area contributed by atoms with Crippen LogP contribution in [0.3, 0.4) is 0 Å². The predicted molar refractivity (Wildman–Crippen MR) is 42.5 cm³/mol. The highest BCUT2D eigenvalue weighted by molar-refractivity contribution is 5.85. The molecule has 0 radical (unpaired) electrons. The quantitative estimate of drug-likeness (QED) is 0.596. The van der Waals surface area contributed by atoms with Crippen LogP contribution in [0.25, 0.3) is 0 Å². The standard InChI is InChI=1S/C7H13NO.ClH/c9-7(3-4-7)6-2-1-5-8-6;/h6,8-9H,1-5H2;1H/t6-;/m0./s1. The van der Waals surface area contributed by atoms with Gasteiger partial charge in [0.15, 0.2) is 0 Å². The summed E-state index contributed by atoms with van der Waals surface area (Å²) < 4.78 is 0. The molecule has 0 bridgehead atoms. The molecule has 1 saturated carbocycles. The maximum atomic E-state index is 9.57. The molecule has 60 valence electrons. The second kappa shape index (κ2) is 2.68. The van der Waals surface area contributed by atoms with Gasteiger partial charge in [-0.1, -0.05) is 0 Å². The van der Waals surface area contributed by atoms with E-state index in [2.05, 4.69) is 5.32 Å². The Kier molecular flexibility index (Phi) is 2.23. The molecular formula is C7H14ClNO. The Labute approximate surface area is 67.4 Å². The fourth-order valence-corrected chi connectivity index (χ4v) is 1.62. The molecule has 1 aliphatic heterocycles. The number of halogens is 1. The maximum absolute atomic E-state index is 9.57. The van der Waals surface area contributed by atoms with Gasteiger partial charge in [0.2, 0.25) is 0 Å². The SMILES string of the molecule is Cl.OC1([C@@H]2CCCN2)CC1. The van der Waals surface area contributed by atoms with Crippen LogP contribution in [0.1, 0.15) is 25.7 Å². The van der Waals surface area contributed by atoms with Crippen LogP contribution in [0.2, 0.25) is 0 Å². The van der Waals surface area contributed by atoms with Gasteiger partial charge < -0.3 is 10.4 Å². The first kappa shape index (κ1) is 8.31. The summed E-state index contributed by atoms with van der Waals surface area (Å²) >= 11 is 0.